The number of nitrogens with zero attached hydrogens (tertiary/aromatic N) is 1. The first kappa shape index (κ1) is 38.9. The van der Waals surface area contributed by atoms with Gasteiger partial charge in [-0.05, 0) is 133 Å². The van der Waals surface area contributed by atoms with Crippen LogP contribution in [0.1, 0.15) is 25.0 Å². The van der Waals surface area contributed by atoms with E-state index in [-0.39, 0.29) is 5.41 Å². The summed E-state index contributed by atoms with van der Waals surface area (Å²) < 4.78 is 5.29. The molecule has 66 heavy (non-hydrogen) atoms. The van der Waals surface area contributed by atoms with Crippen molar-refractivity contribution >= 4 is 80.1 Å². The molecule has 0 saturated carbocycles. The molecule has 0 fully saturated rings. The predicted octanol–water partition coefficient (Wildman–Crippen LogP) is 18.9. The number of rotatable bonds is 7. The first-order chi connectivity index (χ1) is 32.5. The van der Waals surface area contributed by atoms with Crippen LogP contribution in [0.25, 0.3) is 96.0 Å². The van der Waals surface area contributed by atoms with Crippen molar-refractivity contribution < 1.29 is 0 Å². The SMILES string of the molecule is CC1(C)c2ccccc2-c2ccc(N(c3ccc(-c4ccccc4)cc3)c3ccc(-c4cc(-c5cccc6c5sc5ccccc56)cc(-c5cccc6c5sc5ccccc56)c4)cc3)cc21. The van der Waals surface area contributed by atoms with E-state index in [0.717, 1.165) is 17.1 Å². The van der Waals surface area contributed by atoms with Crippen molar-refractivity contribution in [2.24, 2.45) is 0 Å². The highest BCUT2D eigenvalue weighted by Crippen LogP contribution is 2.51. The molecule has 0 atom stereocenters. The molecular weight excluding hydrogens is 835 g/mol. The van der Waals surface area contributed by atoms with Crippen molar-refractivity contribution in [2.75, 3.05) is 4.90 Å². The van der Waals surface area contributed by atoms with Gasteiger partial charge in [-0.2, -0.15) is 0 Å². The second kappa shape index (κ2) is 15.3. The summed E-state index contributed by atoms with van der Waals surface area (Å²) in [6.07, 6.45) is 0. The van der Waals surface area contributed by atoms with Crippen LogP contribution in [0.3, 0.4) is 0 Å². The second-order valence-electron chi connectivity index (χ2n) is 18.1. The Morgan fingerprint density at radius 1 is 0.303 bits per heavy atom. The zero-order valence-corrected chi connectivity index (χ0v) is 38.3. The topological polar surface area (TPSA) is 3.24 Å². The van der Waals surface area contributed by atoms with Crippen LogP contribution in [0, 0.1) is 0 Å². The van der Waals surface area contributed by atoms with Crippen molar-refractivity contribution in [1.82, 2.24) is 0 Å². The summed E-state index contributed by atoms with van der Waals surface area (Å²) in [6, 6.07) is 83.3. The van der Waals surface area contributed by atoms with Gasteiger partial charge in [0.25, 0.3) is 0 Å². The van der Waals surface area contributed by atoms with Gasteiger partial charge in [0, 0.05) is 62.8 Å². The highest BCUT2D eigenvalue weighted by molar-refractivity contribution is 7.26. The van der Waals surface area contributed by atoms with E-state index in [0.29, 0.717) is 0 Å². The average molecular weight is 878 g/mol. The number of benzene rings is 10. The minimum absolute atomic E-state index is 0.113. The normalized spacial score (nSPS) is 12.8. The summed E-state index contributed by atoms with van der Waals surface area (Å²) in [7, 11) is 0. The molecule has 0 spiro atoms. The molecule has 10 aromatic carbocycles. The van der Waals surface area contributed by atoms with Crippen LogP contribution in [0.15, 0.2) is 224 Å². The Bertz CT molecular complexity index is 3700. The maximum Gasteiger partial charge on any atom is 0.0465 e. The summed E-state index contributed by atoms with van der Waals surface area (Å²) >= 11 is 3.79. The van der Waals surface area contributed by atoms with Crippen LogP contribution in [0.4, 0.5) is 17.1 Å². The van der Waals surface area contributed by atoms with Crippen molar-refractivity contribution in [3.63, 3.8) is 0 Å². The third kappa shape index (κ3) is 6.26. The molecule has 13 rings (SSSR count). The monoisotopic (exact) mass is 877 g/mol. The molecule has 0 radical (unpaired) electrons. The first-order valence-corrected chi connectivity index (χ1v) is 24.4. The molecule has 0 bridgehead atoms. The summed E-state index contributed by atoms with van der Waals surface area (Å²) in [6.45, 7) is 4.72. The van der Waals surface area contributed by atoms with Gasteiger partial charge in [-0.3, -0.25) is 0 Å². The molecule has 1 aliphatic carbocycles. The highest BCUT2D eigenvalue weighted by Gasteiger charge is 2.35. The minimum atomic E-state index is -0.113. The molecule has 312 valence electrons. The molecule has 2 heterocycles. The summed E-state index contributed by atoms with van der Waals surface area (Å²) in [5.74, 6) is 0. The molecule has 2 aromatic heterocycles. The summed E-state index contributed by atoms with van der Waals surface area (Å²) in [5.41, 5.74) is 18.4. The quantitative estimate of drug-likeness (QED) is 0.154. The molecule has 1 aliphatic rings. The van der Waals surface area contributed by atoms with Crippen LogP contribution in [-0.4, -0.2) is 0 Å². The van der Waals surface area contributed by atoms with Crippen molar-refractivity contribution in [2.45, 2.75) is 19.3 Å². The highest BCUT2D eigenvalue weighted by atomic mass is 32.1. The standard InChI is InChI=1S/C63H43NS2/c1-63(2)57-23-9-6-16-51(57)52-35-34-48(39-58(52)63)64(46-30-26-41(27-31-46)40-14-4-3-5-15-40)47-32-28-42(29-33-47)43-36-44(49-19-12-21-55-53-17-7-10-24-59(53)65-61(49)55)38-45(37-43)50-20-13-22-56-54-18-8-11-25-60(54)66-62(50)56/h3-39H,1-2H3. The molecular formula is C63H43NS2. The van der Waals surface area contributed by atoms with E-state index in [1.165, 1.54) is 107 Å². The summed E-state index contributed by atoms with van der Waals surface area (Å²) in [5, 5.41) is 5.26. The molecule has 0 amide bonds. The van der Waals surface area contributed by atoms with E-state index < -0.39 is 0 Å². The molecule has 0 aliphatic heterocycles. The van der Waals surface area contributed by atoms with E-state index >= 15 is 0 Å². The maximum absolute atomic E-state index is 2.42. The van der Waals surface area contributed by atoms with Gasteiger partial charge in [0.05, 0.1) is 0 Å². The molecule has 0 saturated heterocycles. The number of fused-ring (bicyclic) bond motifs is 9. The van der Waals surface area contributed by atoms with Crippen LogP contribution < -0.4 is 4.90 Å². The Balaban J connectivity index is 0.965. The van der Waals surface area contributed by atoms with Crippen LogP contribution in [0.5, 0.6) is 0 Å². The van der Waals surface area contributed by atoms with Gasteiger partial charge in [-0.25, -0.2) is 0 Å². The lowest BCUT2D eigenvalue weighted by molar-refractivity contribution is 0.660. The fourth-order valence-corrected chi connectivity index (χ4v) is 13.0. The molecule has 12 aromatic rings. The van der Waals surface area contributed by atoms with Gasteiger partial charge < -0.3 is 4.90 Å². The number of anilines is 3. The third-order valence-electron chi connectivity index (χ3n) is 13.9. The van der Waals surface area contributed by atoms with Crippen molar-refractivity contribution in [3.05, 3.63) is 236 Å². The largest absolute Gasteiger partial charge is 0.310 e. The van der Waals surface area contributed by atoms with Gasteiger partial charge in [0.15, 0.2) is 0 Å². The Morgan fingerprint density at radius 2 is 0.742 bits per heavy atom. The van der Waals surface area contributed by atoms with Crippen molar-refractivity contribution in [1.29, 1.82) is 0 Å². The van der Waals surface area contributed by atoms with Crippen molar-refractivity contribution in [3.8, 4) is 55.6 Å². The number of hydrogen-bond donors (Lipinski definition) is 0. The average Bonchev–Trinajstić information content (AvgIpc) is 4.02. The van der Waals surface area contributed by atoms with Gasteiger partial charge in [-0.1, -0.05) is 172 Å². The zero-order chi connectivity index (χ0) is 43.9. The fraction of sp³-hybridized carbons (Fsp3) is 0.0476. The minimum Gasteiger partial charge on any atom is -0.310 e. The molecule has 0 unspecified atom stereocenters. The third-order valence-corrected chi connectivity index (χ3v) is 16.3. The fourth-order valence-electron chi connectivity index (χ4n) is 10.6. The van der Waals surface area contributed by atoms with E-state index in [9.17, 15) is 0 Å². The Hall–Kier alpha value is -7.56. The maximum atomic E-state index is 2.42. The first-order valence-electron chi connectivity index (χ1n) is 22.7. The van der Waals surface area contributed by atoms with Gasteiger partial charge in [0.1, 0.15) is 0 Å². The Morgan fingerprint density at radius 3 is 1.35 bits per heavy atom. The van der Waals surface area contributed by atoms with Crippen LogP contribution in [-0.2, 0) is 5.41 Å². The molecule has 3 heteroatoms. The van der Waals surface area contributed by atoms with E-state index in [2.05, 4.69) is 243 Å². The molecule has 0 N–H and O–H groups in total. The summed E-state index contributed by atoms with van der Waals surface area (Å²) in [4.78, 5) is 2.42. The van der Waals surface area contributed by atoms with E-state index in [1.54, 1.807) is 0 Å². The van der Waals surface area contributed by atoms with E-state index in [4.69, 9.17) is 0 Å². The Labute approximate surface area is 393 Å². The van der Waals surface area contributed by atoms with Gasteiger partial charge >= 0.3 is 0 Å². The smallest absolute Gasteiger partial charge is 0.0465 e. The van der Waals surface area contributed by atoms with Gasteiger partial charge in [-0.15, -0.1) is 22.7 Å². The number of thiophene rings is 2. The van der Waals surface area contributed by atoms with E-state index in [1.807, 2.05) is 22.7 Å². The number of hydrogen-bond acceptors (Lipinski definition) is 3. The lowest BCUT2D eigenvalue weighted by Crippen LogP contribution is -2.16. The second-order valence-corrected chi connectivity index (χ2v) is 20.2. The molecule has 1 nitrogen and oxygen atoms in total. The lowest BCUT2D eigenvalue weighted by Gasteiger charge is -2.28. The van der Waals surface area contributed by atoms with Gasteiger partial charge in [0.2, 0.25) is 0 Å². The van der Waals surface area contributed by atoms with Crippen LogP contribution >= 0.6 is 22.7 Å². The predicted molar refractivity (Wildman–Crippen MR) is 286 cm³/mol. The zero-order valence-electron chi connectivity index (χ0n) is 36.6. The van der Waals surface area contributed by atoms with Crippen LogP contribution in [0.2, 0.25) is 0 Å². The Kier molecular flexibility index (Phi) is 8.99. The lowest BCUT2D eigenvalue weighted by atomic mass is 9.82.